The Bertz CT molecular complexity index is 323. The van der Waals surface area contributed by atoms with Crippen LogP contribution in [0.5, 0.6) is 0 Å². The van der Waals surface area contributed by atoms with Crippen molar-refractivity contribution >= 4 is 5.91 Å². The quantitative estimate of drug-likeness (QED) is 0.853. The Labute approximate surface area is 123 Å². The van der Waals surface area contributed by atoms with Gasteiger partial charge in [-0.05, 0) is 24.3 Å². The molecule has 0 aromatic heterocycles. The first kappa shape index (κ1) is 15.8. The van der Waals surface area contributed by atoms with Crippen molar-refractivity contribution in [3.63, 3.8) is 0 Å². The van der Waals surface area contributed by atoms with E-state index < -0.39 is 0 Å². The van der Waals surface area contributed by atoms with E-state index in [2.05, 4.69) is 42.8 Å². The van der Waals surface area contributed by atoms with Crippen molar-refractivity contribution in [2.24, 2.45) is 11.3 Å². The van der Waals surface area contributed by atoms with Crippen molar-refractivity contribution in [1.29, 1.82) is 0 Å². The van der Waals surface area contributed by atoms with Gasteiger partial charge >= 0.3 is 0 Å². The first-order chi connectivity index (χ1) is 9.38. The van der Waals surface area contributed by atoms with E-state index in [1.807, 2.05) is 0 Å². The summed E-state index contributed by atoms with van der Waals surface area (Å²) in [5.41, 5.74) is 0.215. The Morgan fingerprint density at radius 3 is 2.40 bits per heavy atom. The summed E-state index contributed by atoms with van der Waals surface area (Å²) in [5, 5.41) is 3.42. The molecule has 2 saturated heterocycles. The van der Waals surface area contributed by atoms with Crippen LogP contribution in [-0.4, -0.2) is 61.0 Å². The highest BCUT2D eigenvalue weighted by atomic mass is 16.2. The minimum absolute atomic E-state index is 0.215. The summed E-state index contributed by atoms with van der Waals surface area (Å²) in [4.78, 5) is 17.0. The van der Waals surface area contributed by atoms with Gasteiger partial charge in [-0.25, -0.2) is 0 Å². The predicted molar refractivity (Wildman–Crippen MR) is 82.7 cm³/mol. The van der Waals surface area contributed by atoms with E-state index in [9.17, 15) is 4.79 Å². The lowest BCUT2D eigenvalue weighted by Crippen LogP contribution is -2.52. The maximum atomic E-state index is 12.4. The van der Waals surface area contributed by atoms with Gasteiger partial charge in [-0.3, -0.25) is 9.69 Å². The number of rotatable bonds is 3. The number of piperazine rings is 1. The second-order valence-electron chi connectivity index (χ2n) is 7.53. The average Bonchev–Trinajstić information content (AvgIpc) is 2.91. The Morgan fingerprint density at radius 2 is 1.90 bits per heavy atom. The molecule has 2 heterocycles. The molecule has 0 aromatic rings. The zero-order valence-electron chi connectivity index (χ0n) is 13.6. The number of nitrogens with zero attached hydrogens (tertiary/aromatic N) is 2. The fraction of sp³-hybridized carbons (Fsp3) is 0.938. The molecule has 1 amide bonds. The van der Waals surface area contributed by atoms with E-state index in [1.54, 1.807) is 0 Å². The summed E-state index contributed by atoms with van der Waals surface area (Å²) < 4.78 is 0. The van der Waals surface area contributed by atoms with Crippen molar-refractivity contribution in [2.75, 3.05) is 39.3 Å². The maximum Gasteiger partial charge on any atom is 0.222 e. The molecule has 2 fully saturated rings. The van der Waals surface area contributed by atoms with E-state index in [0.29, 0.717) is 24.3 Å². The smallest absolute Gasteiger partial charge is 0.222 e. The molecule has 2 rings (SSSR count). The van der Waals surface area contributed by atoms with E-state index in [-0.39, 0.29) is 5.41 Å². The third-order valence-corrected chi connectivity index (χ3v) is 5.18. The topological polar surface area (TPSA) is 35.6 Å². The third kappa shape index (κ3) is 3.95. The highest BCUT2D eigenvalue weighted by molar-refractivity contribution is 5.76. The van der Waals surface area contributed by atoms with Crippen LogP contribution < -0.4 is 5.32 Å². The van der Waals surface area contributed by atoms with E-state index in [0.717, 1.165) is 39.3 Å². The lowest BCUT2D eigenvalue weighted by atomic mass is 9.80. The zero-order chi connectivity index (χ0) is 14.8. The van der Waals surface area contributed by atoms with Crippen LogP contribution in [0.2, 0.25) is 0 Å². The second-order valence-corrected chi connectivity index (χ2v) is 7.53. The Kier molecular flexibility index (Phi) is 5.08. The van der Waals surface area contributed by atoms with Crippen molar-refractivity contribution in [1.82, 2.24) is 15.1 Å². The van der Waals surface area contributed by atoms with E-state index >= 15 is 0 Å². The van der Waals surface area contributed by atoms with E-state index in [1.165, 1.54) is 6.42 Å². The summed E-state index contributed by atoms with van der Waals surface area (Å²) in [6.45, 7) is 15.0. The van der Waals surface area contributed by atoms with Crippen LogP contribution in [0.3, 0.4) is 0 Å². The van der Waals surface area contributed by atoms with E-state index in [4.69, 9.17) is 0 Å². The van der Waals surface area contributed by atoms with Crippen molar-refractivity contribution in [3.05, 3.63) is 0 Å². The molecule has 0 aliphatic carbocycles. The fourth-order valence-corrected chi connectivity index (χ4v) is 2.98. The standard InChI is InChI=1S/C16H31N3O/c1-13(16(2,3)4)11-15(20)19-9-7-18(8-10-19)14-5-6-17-12-14/h13-14,17H,5-12H2,1-4H3. The second kappa shape index (κ2) is 6.44. The first-order valence-corrected chi connectivity index (χ1v) is 8.10. The lowest BCUT2D eigenvalue weighted by molar-refractivity contribution is -0.135. The highest BCUT2D eigenvalue weighted by Crippen LogP contribution is 2.28. The molecule has 4 nitrogen and oxygen atoms in total. The lowest BCUT2D eigenvalue weighted by Gasteiger charge is -2.38. The fourth-order valence-electron chi connectivity index (χ4n) is 2.98. The number of hydrogen-bond acceptors (Lipinski definition) is 3. The number of hydrogen-bond donors (Lipinski definition) is 1. The first-order valence-electron chi connectivity index (χ1n) is 8.10. The molecule has 2 aliphatic rings. The molecular weight excluding hydrogens is 250 g/mol. The van der Waals surface area contributed by atoms with Crippen LogP contribution in [0.25, 0.3) is 0 Å². The number of nitrogens with one attached hydrogen (secondary N) is 1. The van der Waals surface area contributed by atoms with Gasteiger partial charge in [0.15, 0.2) is 0 Å². The highest BCUT2D eigenvalue weighted by Gasteiger charge is 2.29. The maximum absolute atomic E-state index is 12.4. The van der Waals surface area contributed by atoms with Gasteiger partial charge in [0.05, 0.1) is 0 Å². The van der Waals surface area contributed by atoms with Crippen molar-refractivity contribution in [3.8, 4) is 0 Å². The predicted octanol–water partition coefficient (Wildman–Crippen LogP) is 1.56. The van der Waals surface area contributed by atoms with Crippen LogP contribution >= 0.6 is 0 Å². The van der Waals surface area contributed by atoms with Gasteiger partial charge in [0, 0.05) is 45.2 Å². The van der Waals surface area contributed by atoms with Crippen LogP contribution in [0.15, 0.2) is 0 Å². The molecule has 0 radical (unpaired) electrons. The summed E-state index contributed by atoms with van der Waals surface area (Å²) in [5.74, 6) is 0.781. The van der Waals surface area contributed by atoms with Gasteiger partial charge in [-0.2, -0.15) is 0 Å². The monoisotopic (exact) mass is 281 g/mol. The van der Waals surface area contributed by atoms with Crippen LogP contribution in [-0.2, 0) is 4.79 Å². The molecule has 2 atom stereocenters. The summed E-state index contributed by atoms with van der Waals surface area (Å²) >= 11 is 0. The minimum Gasteiger partial charge on any atom is -0.340 e. The average molecular weight is 281 g/mol. The van der Waals surface area contributed by atoms with Gasteiger partial charge in [0.25, 0.3) is 0 Å². The molecule has 20 heavy (non-hydrogen) atoms. The Balaban J connectivity index is 1.76. The summed E-state index contributed by atoms with van der Waals surface area (Å²) in [6, 6.07) is 0.695. The SMILES string of the molecule is CC(CC(=O)N1CCN(C2CCNC2)CC1)C(C)(C)C. The molecule has 1 N–H and O–H groups in total. The molecule has 0 spiro atoms. The molecular formula is C16H31N3O. The number of carbonyl (C=O) groups is 1. The van der Waals surface area contributed by atoms with Gasteiger partial charge in [0.1, 0.15) is 0 Å². The van der Waals surface area contributed by atoms with Crippen molar-refractivity contribution in [2.45, 2.75) is 46.6 Å². The Morgan fingerprint density at radius 1 is 1.25 bits per heavy atom. The number of amides is 1. The molecule has 4 heteroatoms. The molecule has 0 saturated carbocycles. The van der Waals surface area contributed by atoms with Crippen LogP contribution in [0, 0.1) is 11.3 Å². The third-order valence-electron chi connectivity index (χ3n) is 5.18. The van der Waals surface area contributed by atoms with Crippen LogP contribution in [0.1, 0.15) is 40.5 Å². The number of carbonyl (C=O) groups excluding carboxylic acids is 1. The van der Waals surface area contributed by atoms with Gasteiger partial charge in [-0.1, -0.05) is 27.7 Å². The van der Waals surface area contributed by atoms with Crippen LogP contribution in [0.4, 0.5) is 0 Å². The van der Waals surface area contributed by atoms with Crippen molar-refractivity contribution < 1.29 is 4.79 Å². The molecule has 2 unspecified atom stereocenters. The summed E-state index contributed by atoms with van der Waals surface area (Å²) in [7, 11) is 0. The van der Waals surface area contributed by atoms with Gasteiger partial charge in [-0.15, -0.1) is 0 Å². The summed E-state index contributed by atoms with van der Waals surface area (Å²) in [6.07, 6.45) is 1.95. The zero-order valence-corrected chi connectivity index (χ0v) is 13.6. The molecule has 2 aliphatic heterocycles. The molecule has 0 aromatic carbocycles. The molecule has 0 bridgehead atoms. The largest absolute Gasteiger partial charge is 0.340 e. The Hall–Kier alpha value is -0.610. The minimum atomic E-state index is 0.215. The normalized spacial score (nSPS) is 26.8. The van der Waals surface area contributed by atoms with Gasteiger partial charge in [0.2, 0.25) is 5.91 Å². The molecule has 116 valence electrons. The van der Waals surface area contributed by atoms with Gasteiger partial charge < -0.3 is 10.2 Å².